The van der Waals surface area contributed by atoms with E-state index in [9.17, 15) is 0 Å². The lowest BCUT2D eigenvalue weighted by atomic mass is 10.0. The highest BCUT2D eigenvalue weighted by molar-refractivity contribution is 4.57. The fourth-order valence-electron chi connectivity index (χ4n) is 1.58. The Bertz CT molecular complexity index is 87.0. The van der Waals surface area contributed by atoms with Crippen LogP contribution in [0.25, 0.3) is 0 Å². The van der Waals surface area contributed by atoms with Crippen molar-refractivity contribution >= 4 is 0 Å². The van der Waals surface area contributed by atoms with E-state index in [0.29, 0.717) is 0 Å². The van der Waals surface area contributed by atoms with Crippen LogP contribution in [0.3, 0.4) is 0 Å². The third-order valence-electron chi connectivity index (χ3n) is 2.61. The van der Waals surface area contributed by atoms with Crippen molar-refractivity contribution in [3.63, 3.8) is 0 Å². The molecule has 0 amide bonds. The molecule has 0 aromatic rings. The fraction of sp³-hybridized carbons (Fsp3) is 1.00. The van der Waals surface area contributed by atoms with Crippen molar-refractivity contribution in [1.82, 2.24) is 4.90 Å². The van der Waals surface area contributed by atoms with Crippen LogP contribution in [0, 0.1) is 5.92 Å². The van der Waals surface area contributed by atoms with Crippen molar-refractivity contribution in [2.75, 3.05) is 19.6 Å². The second-order valence-electron chi connectivity index (χ2n) is 3.71. The smallest absolute Gasteiger partial charge is 0.00164 e. The quantitative estimate of drug-likeness (QED) is 0.569. The van der Waals surface area contributed by atoms with Gasteiger partial charge < -0.3 is 4.90 Å². The highest BCUT2D eigenvalue weighted by Crippen LogP contribution is 2.10. The zero-order valence-electron chi connectivity index (χ0n) is 9.27. The Morgan fingerprint density at radius 1 is 1.00 bits per heavy atom. The Hall–Kier alpha value is -0.0400. The first kappa shape index (κ1) is 12.0. The van der Waals surface area contributed by atoms with E-state index >= 15 is 0 Å². The molecular weight excluding hydrogens is 146 g/mol. The van der Waals surface area contributed by atoms with Crippen LogP contribution >= 0.6 is 0 Å². The summed E-state index contributed by atoms with van der Waals surface area (Å²) in [6, 6.07) is 0. The Balaban J connectivity index is 3.37. The molecule has 0 aliphatic carbocycles. The highest BCUT2D eigenvalue weighted by Gasteiger charge is 2.03. The van der Waals surface area contributed by atoms with E-state index in [2.05, 4.69) is 32.6 Å². The topological polar surface area (TPSA) is 3.24 Å². The van der Waals surface area contributed by atoms with Crippen LogP contribution in [-0.2, 0) is 0 Å². The number of nitrogens with zero attached hydrogens (tertiary/aromatic N) is 1. The van der Waals surface area contributed by atoms with Crippen molar-refractivity contribution in [2.45, 2.75) is 47.0 Å². The third kappa shape index (κ3) is 5.59. The second kappa shape index (κ2) is 7.60. The maximum absolute atomic E-state index is 2.51. The van der Waals surface area contributed by atoms with E-state index in [1.165, 1.54) is 38.9 Å². The predicted molar refractivity (Wildman–Crippen MR) is 56.5 cm³/mol. The number of rotatable bonds is 7. The number of hydrogen-bond donors (Lipinski definition) is 0. The van der Waals surface area contributed by atoms with Gasteiger partial charge >= 0.3 is 0 Å². The second-order valence-corrected chi connectivity index (χ2v) is 3.71. The van der Waals surface area contributed by atoms with E-state index in [-0.39, 0.29) is 0 Å². The minimum atomic E-state index is 0.913. The Kier molecular flexibility index (Phi) is 7.58. The molecule has 1 unspecified atom stereocenters. The van der Waals surface area contributed by atoms with Gasteiger partial charge in [-0.1, -0.05) is 40.5 Å². The number of hydrogen-bond acceptors (Lipinski definition) is 1. The summed E-state index contributed by atoms with van der Waals surface area (Å²) in [6.45, 7) is 12.8. The summed E-state index contributed by atoms with van der Waals surface area (Å²) < 4.78 is 0. The first-order chi connectivity index (χ1) is 5.74. The van der Waals surface area contributed by atoms with Gasteiger partial charge in [-0.25, -0.2) is 0 Å². The Labute approximate surface area is 78.1 Å². The van der Waals surface area contributed by atoms with Crippen molar-refractivity contribution in [3.05, 3.63) is 0 Å². The van der Waals surface area contributed by atoms with E-state index in [1.807, 2.05) is 0 Å². The van der Waals surface area contributed by atoms with Gasteiger partial charge in [0.1, 0.15) is 0 Å². The summed E-state index contributed by atoms with van der Waals surface area (Å²) in [5, 5.41) is 0. The average molecular weight is 171 g/mol. The highest BCUT2D eigenvalue weighted by atomic mass is 15.1. The fourth-order valence-corrected chi connectivity index (χ4v) is 1.58. The molecule has 0 aliphatic rings. The molecule has 74 valence electrons. The molecule has 0 fully saturated rings. The SMILES string of the molecule is CCCC(C)CCN(CC)CC. The maximum Gasteiger partial charge on any atom is -0.00164 e. The first-order valence-electron chi connectivity index (χ1n) is 5.46. The maximum atomic E-state index is 2.51. The molecule has 0 saturated carbocycles. The first-order valence-corrected chi connectivity index (χ1v) is 5.46. The van der Waals surface area contributed by atoms with Gasteiger partial charge in [0.25, 0.3) is 0 Å². The lowest BCUT2D eigenvalue weighted by Gasteiger charge is -2.20. The normalized spacial score (nSPS) is 13.8. The molecule has 1 atom stereocenters. The zero-order chi connectivity index (χ0) is 9.40. The molecule has 0 radical (unpaired) electrons. The summed E-state index contributed by atoms with van der Waals surface area (Å²) in [5.74, 6) is 0.913. The van der Waals surface area contributed by atoms with E-state index in [4.69, 9.17) is 0 Å². The molecule has 1 heteroatoms. The molecule has 0 rings (SSSR count). The molecular formula is C11H25N. The van der Waals surface area contributed by atoms with Crippen LogP contribution in [0.5, 0.6) is 0 Å². The lowest BCUT2D eigenvalue weighted by molar-refractivity contribution is 0.275. The van der Waals surface area contributed by atoms with Crippen LogP contribution in [0.1, 0.15) is 47.0 Å². The third-order valence-corrected chi connectivity index (χ3v) is 2.61. The molecule has 0 spiro atoms. The molecule has 0 aromatic heterocycles. The average Bonchev–Trinajstić information content (AvgIpc) is 2.07. The Morgan fingerprint density at radius 3 is 2.00 bits per heavy atom. The van der Waals surface area contributed by atoms with Crippen molar-refractivity contribution in [1.29, 1.82) is 0 Å². The monoisotopic (exact) mass is 171 g/mol. The van der Waals surface area contributed by atoms with Crippen LogP contribution in [0.4, 0.5) is 0 Å². The summed E-state index contributed by atoms with van der Waals surface area (Å²) in [6.07, 6.45) is 4.09. The minimum Gasteiger partial charge on any atom is -0.304 e. The molecule has 12 heavy (non-hydrogen) atoms. The molecule has 0 aliphatic heterocycles. The van der Waals surface area contributed by atoms with Crippen LogP contribution in [0.2, 0.25) is 0 Å². The van der Waals surface area contributed by atoms with Crippen LogP contribution < -0.4 is 0 Å². The van der Waals surface area contributed by atoms with Crippen molar-refractivity contribution in [3.8, 4) is 0 Å². The summed E-state index contributed by atoms with van der Waals surface area (Å²) in [5.41, 5.74) is 0. The van der Waals surface area contributed by atoms with Gasteiger partial charge in [0.15, 0.2) is 0 Å². The largest absolute Gasteiger partial charge is 0.304 e. The molecule has 0 saturated heterocycles. The molecule has 1 nitrogen and oxygen atoms in total. The van der Waals surface area contributed by atoms with E-state index in [0.717, 1.165) is 5.92 Å². The zero-order valence-corrected chi connectivity index (χ0v) is 9.27. The van der Waals surface area contributed by atoms with Gasteiger partial charge in [-0.05, 0) is 32.0 Å². The summed E-state index contributed by atoms with van der Waals surface area (Å²) in [4.78, 5) is 2.51. The molecule has 0 bridgehead atoms. The lowest BCUT2D eigenvalue weighted by Crippen LogP contribution is -2.25. The van der Waals surface area contributed by atoms with Gasteiger partial charge in [0.05, 0.1) is 0 Å². The molecule has 0 heterocycles. The summed E-state index contributed by atoms with van der Waals surface area (Å²) >= 11 is 0. The molecule has 0 N–H and O–H groups in total. The Morgan fingerprint density at radius 2 is 1.58 bits per heavy atom. The van der Waals surface area contributed by atoms with E-state index in [1.54, 1.807) is 0 Å². The molecule has 0 aromatic carbocycles. The van der Waals surface area contributed by atoms with E-state index < -0.39 is 0 Å². The van der Waals surface area contributed by atoms with Crippen LogP contribution in [0.15, 0.2) is 0 Å². The van der Waals surface area contributed by atoms with Crippen LogP contribution in [-0.4, -0.2) is 24.5 Å². The van der Waals surface area contributed by atoms with Gasteiger partial charge in [-0.2, -0.15) is 0 Å². The van der Waals surface area contributed by atoms with Crippen molar-refractivity contribution < 1.29 is 0 Å². The predicted octanol–water partition coefficient (Wildman–Crippen LogP) is 3.15. The standard InChI is InChI=1S/C11H25N/c1-5-8-11(4)9-10-12(6-2)7-3/h11H,5-10H2,1-4H3. The van der Waals surface area contributed by atoms with Crippen molar-refractivity contribution in [2.24, 2.45) is 5.92 Å². The van der Waals surface area contributed by atoms with Gasteiger partial charge in [-0.15, -0.1) is 0 Å². The minimum absolute atomic E-state index is 0.913. The van der Waals surface area contributed by atoms with Gasteiger partial charge in [0.2, 0.25) is 0 Å². The van der Waals surface area contributed by atoms with Gasteiger partial charge in [0, 0.05) is 0 Å². The van der Waals surface area contributed by atoms with Gasteiger partial charge in [-0.3, -0.25) is 0 Å². The summed E-state index contributed by atoms with van der Waals surface area (Å²) in [7, 11) is 0.